The first kappa shape index (κ1) is 13.9. The molecule has 2 amide bonds. The first-order valence-corrected chi connectivity index (χ1v) is 6.13. The van der Waals surface area contributed by atoms with Crippen molar-refractivity contribution in [3.05, 3.63) is 22.4 Å². The highest BCUT2D eigenvalue weighted by Gasteiger charge is 2.09. The summed E-state index contributed by atoms with van der Waals surface area (Å²) in [6.45, 7) is 3.76. The summed E-state index contributed by atoms with van der Waals surface area (Å²) in [6.07, 6.45) is 0.529. The third-order valence-corrected chi connectivity index (χ3v) is 2.78. The molecule has 0 aliphatic heterocycles. The maximum absolute atomic E-state index is 11.6. The number of pyridine rings is 1. The predicted octanol–water partition coefficient (Wildman–Crippen LogP) is 2.04. The summed E-state index contributed by atoms with van der Waals surface area (Å²) in [7, 11) is 0. The predicted molar refractivity (Wildman–Crippen MR) is 70.0 cm³/mol. The zero-order valence-corrected chi connectivity index (χ0v) is 11.4. The Hall–Kier alpha value is -1.14. The smallest absolute Gasteiger partial charge is 0.319 e. The quantitative estimate of drug-likeness (QED) is 0.745. The van der Waals surface area contributed by atoms with Gasteiger partial charge in [0.2, 0.25) is 0 Å². The monoisotopic (exact) mass is 301 g/mol. The van der Waals surface area contributed by atoms with Crippen LogP contribution in [0.15, 0.2) is 16.7 Å². The largest absolute Gasteiger partial charge is 0.396 e. The van der Waals surface area contributed by atoms with E-state index in [2.05, 4.69) is 31.5 Å². The molecule has 0 fully saturated rings. The van der Waals surface area contributed by atoms with E-state index in [9.17, 15) is 4.79 Å². The second-order valence-corrected chi connectivity index (χ2v) is 4.55. The van der Waals surface area contributed by atoms with Crippen molar-refractivity contribution >= 4 is 27.6 Å². The van der Waals surface area contributed by atoms with Crippen LogP contribution in [0.4, 0.5) is 10.5 Å². The molecule has 0 aromatic carbocycles. The summed E-state index contributed by atoms with van der Waals surface area (Å²) in [5.41, 5.74) is 1.49. The lowest BCUT2D eigenvalue weighted by Gasteiger charge is -2.13. The fourth-order valence-electron chi connectivity index (χ4n) is 1.27. The maximum atomic E-state index is 11.6. The lowest BCUT2D eigenvalue weighted by molar-refractivity contribution is 0.241. The van der Waals surface area contributed by atoms with Crippen LogP contribution in [0.3, 0.4) is 0 Å². The van der Waals surface area contributed by atoms with E-state index in [1.807, 2.05) is 19.9 Å². The van der Waals surface area contributed by atoms with Crippen molar-refractivity contribution in [1.82, 2.24) is 10.3 Å². The van der Waals surface area contributed by atoms with Crippen LogP contribution in [0.1, 0.15) is 19.0 Å². The lowest BCUT2D eigenvalue weighted by Crippen LogP contribution is -2.36. The Morgan fingerprint density at radius 1 is 1.59 bits per heavy atom. The number of aryl methyl sites for hydroxylation is 1. The summed E-state index contributed by atoms with van der Waals surface area (Å²) >= 11 is 3.28. The number of carbonyl (C=O) groups excluding carboxylic acids is 1. The van der Waals surface area contributed by atoms with E-state index < -0.39 is 0 Å². The van der Waals surface area contributed by atoms with Crippen molar-refractivity contribution in [2.45, 2.75) is 26.3 Å². The zero-order valence-electron chi connectivity index (χ0n) is 9.83. The van der Waals surface area contributed by atoms with Crippen LogP contribution >= 0.6 is 15.9 Å². The molecule has 0 aliphatic rings. The van der Waals surface area contributed by atoms with Crippen LogP contribution in [0.5, 0.6) is 0 Å². The number of urea groups is 1. The standard InChI is InChI=1S/C11H16BrN3O2/c1-7-3-4-9(10(12)13-7)15-11(17)14-8(2)5-6-16/h3-4,8,16H,5-6H2,1-2H3,(H2,14,15,17)/t8-/m1/s1. The number of aliphatic hydroxyl groups is 1. The Labute approximate surface area is 109 Å². The molecule has 1 rings (SSSR count). The molecule has 0 radical (unpaired) electrons. The third-order valence-electron chi connectivity index (χ3n) is 2.18. The van der Waals surface area contributed by atoms with Crippen molar-refractivity contribution in [2.75, 3.05) is 11.9 Å². The van der Waals surface area contributed by atoms with E-state index in [0.717, 1.165) is 5.69 Å². The van der Waals surface area contributed by atoms with Crippen molar-refractivity contribution in [3.63, 3.8) is 0 Å². The molecule has 1 aromatic rings. The molecule has 0 saturated carbocycles. The number of hydrogen-bond acceptors (Lipinski definition) is 3. The van der Waals surface area contributed by atoms with Gasteiger partial charge in [-0.05, 0) is 48.3 Å². The SMILES string of the molecule is Cc1ccc(NC(=O)N[C@H](C)CCO)c(Br)n1. The molecule has 0 spiro atoms. The molecule has 3 N–H and O–H groups in total. The van der Waals surface area contributed by atoms with Gasteiger partial charge in [-0.1, -0.05) is 0 Å². The molecule has 94 valence electrons. The summed E-state index contributed by atoms with van der Waals surface area (Å²) < 4.78 is 0.600. The number of nitrogens with zero attached hydrogens (tertiary/aromatic N) is 1. The normalized spacial score (nSPS) is 12.0. The van der Waals surface area contributed by atoms with Gasteiger partial charge in [0.25, 0.3) is 0 Å². The number of amides is 2. The minimum Gasteiger partial charge on any atom is -0.396 e. The average Bonchev–Trinajstić information content (AvgIpc) is 2.22. The number of halogens is 1. The molecule has 17 heavy (non-hydrogen) atoms. The van der Waals surface area contributed by atoms with Crippen LogP contribution < -0.4 is 10.6 Å². The second kappa shape index (κ2) is 6.56. The van der Waals surface area contributed by atoms with Gasteiger partial charge in [0.05, 0.1) is 5.69 Å². The summed E-state index contributed by atoms with van der Waals surface area (Å²) in [5, 5.41) is 14.1. The first-order chi connectivity index (χ1) is 8.02. The first-order valence-electron chi connectivity index (χ1n) is 5.34. The number of aromatic nitrogens is 1. The van der Waals surface area contributed by atoms with Gasteiger partial charge in [-0.15, -0.1) is 0 Å². The van der Waals surface area contributed by atoms with E-state index in [0.29, 0.717) is 16.7 Å². The van der Waals surface area contributed by atoms with Gasteiger partial charge >= 0.3 is 6.03 Å². The highest BCUT2D eigenvalue weighted by Crippen LogP contribution is 2.19. The van der Waals surface area contributed by atoms with Crippen LogP contribution in [0.2, 0.25) is 0 Å². The molecule has 1 atom stereocenters. The van der Waals surface area contributed by atoms with Crippen LogP contribution in [-0.4, -0.2) is 28.8 Å². The number of nitrogens with one attached hydrogen (secondary N) is 2. The van der Waals surface area contributed by atoms with Gasteiger partial charge in [0, 0.05) is 18.3 Å². The maximum Gasteiger partial charge on any atom is 0.319 e. The van der Waals surface area contributed by atoms with Crippen molar-refractivity contribution in [3.8, 4) is 0 Å². The molecule has 5 nitrogen and oxygen atoms in total. The van der Waals surface area contributed by atoms with Gasteiger partial charge in [-0.3, -0.25) is 0 Å². The van der Waals surface area contributed by atoms with E-state index in [4.69, 9.17) is 5.11 Å². The molecule has 1 heterocycles. The summed E-state index contributed by atoms with van der Waals surface area (Å²) in [5.74, 6) is 0. The molecule has 6 heteroatoms. The van der Waals surface area contributed by atoms with Crippen LogP contribution in [-0.2, 0) is 0 Å². The second-order valence-electron chi connectivity index (χ2n) is 3.80. The minimum atomic E-state index is -0.308. The minimum absolute atomic E-state index is 0.0528. The molecular weight excluding hydrogens is 286 g/mol. The summed E-state index contributed by atoms with van der Waals surface area (Å²) in [6, 6.07) is 3.22. The van der Waals surface area contributed by atoms with Gasteiger partial charge in [-0.2, -0.15) is 0 Å². The Balaban J connectivity index is 2.56. The number of rotatable bonds is 4. The highest BCUT2D eigenvalue weighted by molar-refractivity contribution is 9.10. The van der Waals surface area contributed by atoms with E-state index >= 15 is 0 Å². The average molecular weight is 302 g/mol. The van der Waals surface area contributed by atoms with Crippen LogP contribution in [0, 0.1) is 6.92 Å². The summed E-state index contributed by atoms with van der Waals surface area (Å²) in [4.78, 5) is 15.8. The van der Waals surface area contributed by atoms with E-state index in [1.165, 1.54) is 0 Å². The number of anilines is 1. The fourth-order valence-corrected chi connectivity index (χ4v) is 1.78. The Kier molecular flexibility index (Phi) is 5.37. The Morgan fingerprint density at radius 2 is 2.29 bits per heavy atom. The van der Waals surface area contributed by atoms with E-state index in [1.54, 1.807) is 6.07 Å². The molecule has 0 bridgehead atoms. The molecular formula is C11H16BrN3O2. The topological polar surface area (TPSA) is 74.2 Å². The van der Waals surface area contributed by atoms with Crippen molar-refractivity contribution < 1.29 is 9.90 Å². The van der Waals surface area contributed by atoms with E-state index in [-0.39, 0.29) is 18.7 Å². The molecule has 0 aliphatic carbocycles. The molecule has 0 saturated heterocycles. The van der Waals surface area contributed by atoms with Crippen molar-refractivity contribution in [2.24, 2.45) is 0 Å². The third kappa shape index (κ3) is 4.70. The lowest BCUT2D eigenvalue weighted by atomic mass is 10.2. The molecule has 0 unspecified atom stereocenters. The van der Waals surface area contributed by atoms with Crippen molar-refractivity contribution in [1.29, 1.82) is 0 Å². The number of aliphatic hydroxyl groups excluding tert-OH is 1. The van der Waals surface area contributed by atoms with Gasteiger partial charge in [0.15, 0.2) is 0 Å². The van der Waals surface area contributed by atoms with Crippen LogP contribution in [0.25, 0.3) is 0 Å². The van der Waals surface area contributed by atoms with Gasteiger partial charge in [0.1, 0.15) is 4.60 Å². The Morgan fingerprint density at radius 3 is 2.88 bits per heavy atom. The number of carbonyl (C=O) groups is 1. The Bertz CT molecular complexity index is 398. The van der Waals surface area contributed by atoms with Gasteiger partial charge in [-0.25, -0.2) is 9.78 Å². The van der Waals surface area contributed by atoms with Gasteiger partial charge < -0.3 is 15.7 Å². The fraction of sp³-hybridized carbons (Fsp3) is 0.455. The highest BCUT2D eigenvalue weighted by atomic mass is 79.9. The zero-order chi connectivity index (χ0) is 12.8. The number of hydrogen-bond donors (Lipinski definition) is 3. The molecule has 1 aromatic heterocycles.